The van der Waals surface area contributed by atoms with Crippen LogP contribution in [0.3, 0.4) is 0 Å². The van der Waals surface area contributed by atoms with Crippen molar-refractivity contribution in [2.45, 2.75) is 6.54 Å². The first kappa shape index (κ1) is 15.8. The molecule has 0 fully saturated rings. The number of nitriles is 1. The number of fused-ring (bicyclic) bond motifs is 1. The van der Waals surface area contributed by atoms with Crippen LogP contribution in [0.25, 0.3) is 10.8 Å². The molecule has 4 aromatic rings. The van der Waals surface area contributed by atoms with E-state index in [0.717, 1.165) is 16.3 Å². The third kappa shape index (κ3) is 2.87. The highest BCUT2D eigenvalue weighted by Crippen LogP contribution is 2.32. The summed E-state index contributed by atoms with van der Waals surface area (Å²) in [6.45, 7) is 0.504. The number of rotatable bonds is 4. The van der Waals surface area contributed by atoms with Gasteiger partial charge in [0.1, 0.15) is 17.5 Å². The molecule has 3 aromatic carbocycles. The number of hydrogen-bond donors (Lipinski definition) is 1. The van der Waals surface area contributed by atoms with Crippen molar-refractivity contribution < 1.29 is 4.74 Å². The molecular formula is C22H17N3O. The van der Waals surface area contributed by atoms with Gasteiger partial charge in [0.15, 0.2) is 0 Å². The van der Waals surface area contributed by atoms with Gasteiger partial charge < -0.3 is 10.5 Å². The Morgan fingerprint density at radius 1 is 0.923 bits per heavy atom. The van der Waals surface area contributed by atoms with E-state index >= 15 is 0 Å². The van der Waals surface area contributed by atoms with E-state index in [4.69, 9.17) is 10.5 Å². The van der Waals surface area contributed by atoms with E-state index < -0.39 is 0 Å². The standard InChI is InChI=1S/C22H17N3O/c23-14-18-13-21(24)22(26-19-10-2-1-3-11-19)25(18)15-17-9-6-8-16-7-4-5-12-20(16)17/h1-13H,15,24H2. The fraction of sp³-hybridized carbons (Fsp3) is 0.0455. The van der Waals surface area contributed by atoms with Crippen molar-refractivity contribution in [1.29, 1.82) is 5.26 Å². The third-order valence-electron chi connectivity index (χ3n) is 4.36. The van der Waals surface area contributed by atoms with Crippen molar-refractivity contribution in [3.63, 3.8) is 0 Å². The maximum Gasteiger partial charge on any atom is 0.224 e. The fourth-order valence-corrected chi connectivity index (χ4v) is 3.12. The van der Waals surface area contributed by atoms with Gasteiger partial charge in [0.25, 0.3) is 0 Å². The Bertz CT molecular complexity index is 1100. The van der Waals surface area contributed by atoms with Gasteiger partial charge in [-0.2, -0.15) is 5.26 Å². The molecule has 4 rings (SSSR count). The Morgan fingerprint density at radius 3 is 2.46 bits per heavy atom. The molecule has 0 atom stereocenters. The summed E-state index contributed by atoms with van der Waals surface area (Å²) >= 11 is 0. The number of anilines is 1. The highest BCUT2D eigenvalue weighted by Gasteiger charge is 2.16. The molecule has 0 amide bonds. The zero-order chi connectivity index (χ0) is 17.9. The van der Waals surface area contributed by atoms with Crippen LogP contribution in [0.4, 0.5) is 5.69 Å². The van der Waals surface area contributed by atoms with Gasteiger partial charge in [-0.1, -0.05) is 60.7 Å². The number of aromatic nitrogens is 1. The normalized spacial score (nSPS) is 10.6. The molecule has 0 aliphatic carbocycles. The highest BCUT2D eigenvalue weighted by atomic mass is 16.5. The predicted octanol–water partition coefficient (Wildman–Crippen LogP) is 4.94. The summed E-state index contributed by atoms with van der Waals surface area (Å²) in [5.74, 6) is 1.17. The van der Waals surface area contributed by atoms with Crippen LogP contribution in [0.2, 0.25) is 0 Å². The number of ether oxygens (including phenoxy) is 1. The van der Waals surface area contributed by atoms with Crippen LogP contribution in [-0.2, 0) is 6.54 Å². The Kier molecular flexibility index (Phi) is 4.04. The third-order valence-corrected chi connectivity index (χ3v) is 4.36. The zero-order valence-corrected chi connectivity index (χ0v) is 14.1. The lowest BCUT2D eigenvalue weighted by molar-refractivity contribution is 0.437. The minimum absolute atomic E-state index is 0.450. The second kappa shape index (κ2) is 6.66. The number of nitrogens with two attached hydrogens (primary N) is 1. The molecule has 4 heteroatoms. The van der Waals surface area contributed by atoms with E-state index in [0.29, 0.717) is 29.6 Å². The molecule has 0 aliphatic heterocycles. The maximum atomic E-state index is 9.53. The van der Waals surface area contributed by atoms with Crippen molar-refractivity contribution in [2.75, 3.05) is 5.73 Å². The van der Waals surface area contributed by atoms with Gasteiger partial charge in [-0.05, 0) is 28.5 Å². The number of hydrogen-bond acceptors (Lipinski definition) is 3. The molecule has 2 N–H and O–H groups in total. The van der Waals surface area contributed by atoms with Gasteiger partial charge in [-0.25, -0.2) is 0 Å². The Balaban J connectivity index is 1.79. The van der Waals surface area contributed by atoms with Crippen LogP contribution < -0.4 is 10.5 Å². The molecule has 0 saturated heterocycles. The number of nitrogen functional groups attached to an aromatic ring is 1. The largest absolute Gasteiger partial charge is 0.439 e. The van der Waals surface area contributed by atoms with Crippen LogP contribution in [0.1, 0.15) is 11.3 Å². The maximum absolute atomic E-state index is 9.53. The molecule has 26 heavy (non-hydrogen) atoms. The smallest absolute Gasteiger partial charge is 0.224 e. The van der Waals surface area contributed by atoms with Crippen LogP contribution in [0.5, 0.6) is 11.6 Å². The molecular weight excluding hydrogens is 322 g/mol. The van der Waals surface area contributed by atoms with Gasteiger partial charge >= 0.3 is 0 Å². The summed E-state index contributed by atoms with van der Waals surface area (Å²) in [5.41, 5.74) is 8.16. The van der Waals surface area contributed by atoms with Gasteiger partial charge in [0.05, 0.1) is 12.2 Å². The van der Waals surface area contributed by atoms with Crippen molar-refractivity contribution in [3.8, 4) is 17.7 Å². The molecule has 0 bridgehead atoms. The molecule has 0 spiro atoms. The van der Waals surface area contributed by atoms with E-state index in [1.54, 1.807) is 6.07 Å². The molecule has 1 aromatic heterocycles. The highest BCUT2D eigenvalue weighted by molar-refractivity contribution is 5.85. The lowest BCUT2D eigenvalue weighted by Crippen LogP contribution is -2.05. The van der Waals surface area contributed by atoms with E-state index in [1.165, 1.54) is 0 Å². The van der Waals surface area contributed by atoms with Crippen LogP contribution in [-0.4, -0.2) is 4.57 Å². The summed E-state index contributed by atoms with van der Waals surface area (Å²) in [5, 5.41) is 11.8. The first-order valence-electron chi connectivity index (χ1n) is 8.35. The van der Waals surface area contributed by atoms with Gasteiger partial charge in [0, 0.05) is 6.07 Å². The van der Waals surface area contributed by atoms with Gasteiger partial charge in [0.2, 0.25) is 5.88 Å². The van der Waals surface area contributed by atoms with Crippen LogP contribution >= 0.6 is 0 Å². The lowest BCUT2D eigenvalue weighted by atomic mass is 10.0. The molecule has 0 radical (unpaired) electrons. The lowest BCUT2D eigenvalue weighted by Gasteiger charge is -2.14. The summed E-state index contributed by atoms with van der Waals surface area (Å²) in [6, 6.07) is 27.7. The van der Waals surface area contributed by atoms with Crippen molar-refractivity contribution in [1.82, 2.24) is 4.57 Å². The minimum Gasteiger partial charge on any atom is -0.439 e. The molecule has 126 valence electrons. The second-order valence-electron chi connectivity index (χ2n) is 6.04. The Hall–Kier alpha value is -3.71. The second-order valence-corrected chi connectivity index (χ2v) is 6.04. The van der Waals surface area contributed by atoms with E-state index in [1.807, 2.05) is 53.1 Å². The van der Waals surface area contributed by atoms with Crippen LogP contribution in [0, 0.1) is 11.3 Å². The number of para-hydroxylation sites is 1. The molecule has 0 aliphatic rings. The van der Waals surface area contributed by atoms with Crippen molar-refractivity contribution in [2.24, 2.45) is 0 Å². The van der Waals surface area contributed by atoms with Gasteiger partial charge in [-0.3, -0.25) is 4.57 Å². The van der Waals surface area contributed by atoms with Crippen molar-refractivity contribution >= 4 is 16.5 Å². The number of benzene rings is 3. The Labute approximate surface area is 151 Å². The fourth-order valence-electron chi connectivity index (χ4n) is 3.12. The first-order chi connectivity index (χ1) is 12.8. The summed E-state index contributed by atoms with van der Waals surface area (Å²) < 4.78 is 7.82. The van der Waals surface area contributed by atoms with Gasteiger partial charge in [-0.15, -0.1) is 0 Å². The van der Waals surface area contributed by atoms with E-state index in [9.17, 15) is 5.26 Å². The summed E-state index contributed by atoms with van der Waals surface area (Å²) in [4.78, 5) is 0. The average Bonchev–Trinajstić information content (AvgIpc) is 2.98. The molecule has 0 saturated carbocycles. The molecule has 0 unspecified atom stereocenters. The van der Waals surface area contributed by atoms with E-state index in [2.05, 4.69) is 30.3 Å². The zero-order valence-electron chi connectivity index (χ0n) is 14.1. The minimum atomic E-state index is 0.450. The molecule has 1 heterocycles. The first-order valence-corrected chi connectivity index (χ1v) is 8.35. The summed E-state index contributed by atoms with van der Waals surface area (Å²) in [6.07, 6.45) is 0. The SMILES string of the molecule is N#Cc1cc(N)c(Oc2ccccc2)n1Cc1cccc2ccccc12. The monoisotopic (exact) mass is 339 g/mol. The average molecular weight is 339 g/mol. The topological polar surface area (TPSA) is 64.0 Å². The van der Waals surface area contributed by atoms with Crippen molar-refractivity contribution in [3.05, 3.63) is 90.1 Å². The summed E-state index contributed by atoms with van der Waals surface area (Å²) in [7, 11) is 0. The quantitative estimate of drug-likeness (QED) is 0.573. The Morgan fingerprint density at radius 2 is 1.65 bits per heavy atom. The predicted molar refractivity (Wildman–Crippen MR) is 103 cm³/mol. The molecule has 4 nitrogen and oxygen atoms in total. The van der Waals surface area contributed by atoms with Crippen LogP contribution in [0.15, 0.2) is 78.9 Å². The number of nitrogens with zero attached hydrogens (tertiary/aromatic N) is 2. The van der Waals surface area contributed by atoms with E-state index in [-0.39, 0.29) is 0 Å².